The lowest BCUT2D eigenvalue weighted by molar-refractivity contribution is -0.660. The minimum absolute atomic E-state index is 0.0198. The van der Waals surface area contributed by atoms with Gasteiger partial charge in [-0.25, -0.2) is 4.57 Å². The third-order valence-corrected chi connectivity index (χ3v) is 11.1. The van der Waals surface area contributed by atoms with Gasteiger partial charge in [-0.3, -0.25) is 0 Å². The number of hydrogen-bond acceptors (Lipinski definition) is 2. The first kappa shape index (κ1) is 28.2. The molecule has 0 saturated heterocycles. The van der Waals surface area contributed by atoms with E-state index in [1.165, 1.54) is 16.7 Å². The Hall–Kier alpha value is -3.90. The molecular formula is C39H43N2O+. The molecule has 0 unspecified atom stereocenters. The van der Waals surface area contributed by atoms with Crippen molar-refractivity contribution in [2.24, 2.45) is 12.5 Å². The second kappa shape index (κ2) is 8.81. The molecule has 0 amide bonds. The Morgan fingerprint density at radius 3 is 2.07 bits per heavy atom. The normalized spacial score (nSPS) is 17.0. The number of fused-ring (bicyclic) bond motifs is 4. The second-order valence-electron chi connectivity index (χ2n) is 15.0. The highest BCUT2D eigenvalue weighted by Crippen LogP contribution is 2.63. The summed E-state index contributed by atoms with van der Waals surface area (Å²) in [7, 11) is 2.07. The van der Waals surface area contributed by atoms with Crippen molar-refractivity contribution in [2.75, 3.05) is 0 Å². The van der Waals surface area contributed by atoms with Crippen LogP contribution >= 0.6 is 0 Å². The van der Waals surface area contributed by atoms with Crippen LogP contribution in [0.5, 0.6) is 0 Å². The van der Waals surface area contributed by atoms with Crippen molar-refractivity contribution < 1.29 is 8.98 Å². The number of aryl methyl sites for hydroxylation is 2. The first-order valence-corrected chi connectivity index (χ1v) is 15.1. The minimum Gasteiger partial charge on any atom is -0.454 e. The van der Waals surface area contributed by atoms with Gasteiger partial charge in [0.2, 0.25) is 5.69 Å². The van der Waals surface area contributed by atoms with Gasteiger partial charge in [0.25, 0.3) is 0 Å². The predicted octanol–water partition coefficient (Wildman–Crippen LogP) is 9.82. The Labute approximate surface area is 250 Å². The molecule has 2 heterocycles. The van der Waals surface area contributed by atoms with E-state index in [1.807, 2.05) is 12.1 Å². The van der Waals surface area contributed by atoms with Crippen LogP contribution in [0.25, 0.3) is 44.3 Å². The molecular weight excluding hydrogens is 512 g/mol. The van der Waals surface area contributed by atoms with E-state index in [4.69, 9.17) is 4.42 Å². The molecule has 3 aromatic carbocycles. The van der Waals surface area contributed by atoms with Crippen molar-refractivity contribution in [3.8, 4) is 28.5 Å². The molecule has 214 valence electrons. The maximum Gasteiger partial charge on any atom is 0.216 e. The van der Waals surface area contributed by atoms with Crippen LogP contribution in [0.3, 0.4) is 0 Å². The first-order valence-electron chi connectivity index (χ1n) is 15.1. The van der Waals surface area contributed by atoms with E-state index in [9.17, 15) is 5.26 Å². The summed E-state index contributed by atoms with van der Waals surface area (Å²) in [5.41, 5.74) is 11.6. The van der Waals surface area contributed by atoms with Gasteiger partial charge in [-0.2, -0.15) is 5.26 Å². The topological polar surface area (TPSA) is 40.8 Å². The van der Waals surface area contributed by atoms with Crippen LogP contribution in [0.1, 0.15) is 90.1 Å². The fourth-order valence-corrected chi connectivity index (χ4v) is 7.46. The Balaban J connectivity index is 1.75. The Morgan fingerprint density at radius 2 is 1.45 bits per heavy atom. The highest BCUT2D eigenvalue weighted by Gasteiger charge is 2.58. The molecule has 0 aliphatic heterocycles. The van der Waals surface area contributed by atoms with Crippen LogP contribution in [-0.2, 0) is 23.3 Å². The molecule has 0 spiro atoms. The molecule has 0 N–H and O–H groups in total. The molecule has 0 atom stereocenters. The molecule has 2 aromatic heterocycles. The summed E-state index contributed by atoms with van der Waals surface area (Å²) >= 11 is 0. The molecule has 1 aliphatic carbocycles. The molecule has 3 nitrogen and oxygen atoms in total. The summed E-state index contributed by atoms with van der Waals surface area (Å²) in [6.45, 7) is 23.5. The van der Waals surface area contributed by atoms with Crippen molar-refractivity contribution in [2.45, 2.75) is 85.5 Å². The lowest BCUT2D eigenvalue weighted by Gasteiger charge is -2.45. The van der Waals surface area contributed by atoms with Crippen LogP contribution in [0, 0.1) is 23.7 Å². The number of pyridine rings is 1. The average Bonchev–Trinajstić information content (AvgIpc) is 3.34. The standard InChI is InChI=1S/C39H43N2O/c1-23-15-17-26-27-18-16-24(22-40)32(35(27)42-34(26)31(23)30-14-12-13-19-41(30)11)25-20-28(36(2,3)4)33-29(21-25)37(5,6)39(9,10)38(33,7)8/h12-21H,1-11H3/q+1. The zero-order chi connectivity index (χ0) is 30.6. The number of nitrogens with zero attached hydrogens (tertiary/aromatic N) is 2. The molecule has 0 bridgehead atoms. The van der Waals surface area contributed by atoms with Gasteiger partial charge in [0.15, 0.2) is 6.20 Å². The third kappa shape index (κ3) is 3.60. The van der Waals surface area contributed by atoms with Gasteiger partial charge in [-0.05, 0) is 74.6 Å². The maximum atomic E-state index is 10.4. The fraction of sp³-hybridized carbons (Fsp3) is 0.385. The Kier molecular flexibility index (Phi) is 5.92. The van der Waals surface area contributed by atoms with E-state index in [-0.39, 0.29) is 21.7 Å². The molecule has 3 heteroatoms. The molecule has 0 saturated carbocycles. The highest BCUT2D eigenvalue weighted by molar-refractivity contribution is 6.14. The zero-order valence-electron chi connectivity index (χ0n) is 27.1. The first-order chi connectivity index (χ1) is 19.5. The van der Waals surface area contributed by atoms with Gasteiger partial charge in [-0.15, -0.1) is 0 Å². The number of benzene rings is 3. The largest absolute Gasteiger partial charge is 0.454 e. The minimum atomic E-state index is -0.0746. The van der Waals surface area contributed by atoms with Gasteiger partial charge in [0.1, 0.15) is 18.2 Å². The molecule has 6 rings (SSSR count). The van der Waals surface area contributed by atoms with Crippen LogP contribution < -0.4 is 4.57 Å². The van der Waals surface area contributed by atoms with Crippen molar-refractivity contribution in [3.63, 3.8) is 0 Å². The van der Waals surface area contributed by atoms with E-state index >= 15 is 0 Å². The van der Waals surface area contributed by atoms with E-state index in [0.717, 1.165) is 49.9 Å². The van der Waals surface area contributed by atoms with Crippen molar-refractivity contribution in [1.29, 1.82) is 5.26 Å². The third-order valence-electron chi connectivity index (χ3n) is 11.1. The van der Waals surface area contributed by atoms with Crippen LogP contribution in [0.4, 0.5) is 0 Å². The van der Waals surface area contributed by atoms with E-state index in [2.05, 4.69) is 136 Å². The molecule has 0 fully saturated rings. The van der Waals surface area contributed by atoms with Gasteiger partial charge < -0.3 is 4.42 Å². The maximum absolute atomic E-state index is 10.4. The summed E-state index contributed by atoms with van der Waals surface area (Å²) in [5.74, 6) is 0. The van der Waals surface area contributed by atoms with Gasteiger partial charge >= 0.3 is 0 Å². The quantitative estimate of drug-likeness (QED) is 0.203. The van der Waals surface area contributed by atoms with E-state index in [0.29, 0.717) is 5.56 Å². The fourth-order valence-electron chi connectivity index (χ4n) is 7.46. The number of hydrogen-bond donors (Lipinski definition) is 0. The van der Waals surface area contributed by atoms with Gasteiger partial charge in [0.05, 0.1) is 17.2 Å². The molecule has 1 aliphatic rings. The van der Waals surface area contributed by atoms with Crippen molar-refractivity contribution >= 4 is 21.9 Å². The molecule has 5 aromatic rings. The van der Waals surface area contributed by atoms with Crippen LogP contribution in [0.15, 0.2) is 65.2 Å². The highest BCUT2D eigenvalue weighted by atomic mass is 16.3. The lowest BCUT2D eigenvalue weighted by Crippen LogP contribution is -2.42. The summed E-state index contributed by atoms with van der Waals surface area (Å²) in [6.07, 6.45) is 2.07. The van der Waals surface area contributed by atoms with Gasteiger partial charge in [-0.1, -0.05) is 86.6 Å². The lowest BCUT2D eigenvalue weighted by atomic mass is 9.59. The smallest absolute Gasteiger partial charge is 0.216 e. The van der Waals surface area contributed by atoms with Crippen molar-refractivity contribution in [1.82, 2.24) is 0 Å². The summed E-state index contributed by atoms with van der Waals surface area (Å²) in [5, 5.41) is 12.5. The SMILES string of the molecule is Cc1ccc2c(oc3c(-c4cc(C(C)(C)C)c5c(c4)C(C)(C)C(C)(C)C5(C)C)c(C#N)ccc32)c1-c1cccc[n+]1C. The Bertz CT molecular complexity index is 1970. The Morgan fingerprint density at radius 1 is 0.810 bits per heavy atom. The predicted molar refractivity (Wildman–Crippen MR) is 174 cm³/mol. The van der Waals surface area contributed by atoms with Crippen LogP contribution in [0.2, 0.25) is 0 Å². The summed E-state index contributed by atoms with van der Waals surface area (Å²) < 4.78 is 9.05. The molecule has 0 radical (unpaired) electrons. The second-order valence-corrected chi connectivity index (χ2v) is 15.0. The number of nitriles is 1. The number of furan rings is 1. The van der Waals surface area contributed by atoms with E-state index in [1.54, 1.807) is 0 Å². The summed E-state index contributed by atoms with van der Waals surface area (Å²) in [6, 6.07) is 21.8. The average molecular weight is 556 g/mol. The van der Waals surface area contributed by atoms with E-state index < -0.39 is 0 Å². The van der Waals surface area contributed by atoms with Crippen LogP contribution in [-0.4, -0.2) is 0 Å². The number of rotatable bonds is 2. The summed E-state index contributed by atoms with van der Waals surface area (Å²) in [4.78, 5) is 0. The monoisotopic (exact) mass is 555 g/mol. The molecule has 42 heavy (non-hydrogen) atoms. The zero-order valence-corrected chi connectivity index (χ0v) is 27.1. The van der Waals surface area contributed by atoms with Crippen molar-refractivity contribution in [3.05, 3.63) is 88.6 Å². The number of aromatic nitrogens is 1. The van der Waals surface area contributed by atoms with Gasteiger partial charge in [0, 0.05) is 28.5 Å².